The van der Waals surface area contributed by atoms with Crippen LogP contribution in [0.1, 0.15) is 188 Å². The molecule has 0 bridgehead atoms. The van der Waals surface area contributed by atoms with Gasteiger partial charge in [0.25, 0.3) is 0 Å². The number of allylic oxidation sites excluding steroid dienone is 1. The number of ether oxygens (including phenoxy) is 1. The van der Waals surface area contributed by atoms with Crippen molar-refractivity contribution in [3.8, 4) is 0 Å². The average Bonchev–Trinajstić information content (AvgIpc) is 2.86. The second-order valence-corrected chi connectivity index (χ2v) is 11.7. The molecule has 0 amide bonds. The minimum atomic E-state index is -0.872. The fraction of sp³-hybridized carbons (Fsp3) is 0.882. The Kier molecular flexibility index (Phi) is 27.7. The van der Waals surface area contributed by atoms with Crippen LogP contribution in [0.5, 0.6) is 0 Å². The smallest absolute Gasteiger partial charge is 0.328 e. The maximum absolute atomic E-state index is 12.0. The first-order chi connectivity index (χ1) is 18.5. The normalized spacial score (nSPS) is 12.6. The fourth-order valence-electron chi connectivity index (χ4n) is 5.16. The van der Waals surface area contributed by atoms with E-state index in [4.69, 9.17) is 9.84 Å². The molecule has 0 saturated heterocycles. The van der Waals surface area contributed by atoms with Gasteiger partial charge in [-0.3, -0.25) is 4.79 Å². The Labute approximate surface area is 236 Å². The minimum absolute atomic E-state index is 0.0248. The van der Waals surface area contributed by atoms with E-state index in [2.05, 4.69) is 6.92 Å². The van der Waals surface area contributed by atoms with Gasteiger partial charge < -0.3 is 9.84 Å². The monoisotopic (exact) mass is 536 g/mol. The van der Waals surface area contributed by atoms with Crippen LogP contribution in [0.4, 0.5) is 0 Å². The molecule has 0 heterocycles. The maximum Gasteiger partial charge on any atom is 0.328 e. The number of carboxylic acids is 1. The van der Waals surface area contributed by atoms with E-state index >= 15 is 0 Å². The van der Waals surface area contributed by atoms with E-state index in [0.29, 0.717) is 6.42 Å². The van der Waals surface area contributed by atoms with Gasteiger partial charge in [-0.05, 0) is 46.0 Å². The number of hydrogen-bond acceptors (Lipinski definition) is 3. The lowest BCUT2D eigenvalue weighted by Crippen LogP contribution is -2.14. The molecule has 0 aromatic heterocycles. The Hall–Kier alpha value is -1.32. The molecule has 0 saturated carbocycles. The van der Waals surface area contributed by atoms with E-state index in [1.54, 1.807) is 0 Å². The van der Waals surface area contributed by atoms with E-state index in [9.17, 15) is 9.59 Å². The number of aliphatic carboxylic acids is 1. The largest absolute Gasteiger partial charge is 0.478 e. The van der Waals surface area contributed by atoms with Gasteiger partial charge in [0.1, 0.15) is 0 Å². The van der Waals surface area contributed by atoms with Gasteiger partial charge >= 0.3 is 11.9 Å². The summed E-state index contributed by atoms with van der Waals surface area (Å²) in [6, 6.07) is 0. The predicted octanol–water partition coefficient (Wildman–Crippen LogP) is 11.1. The number of esters is 1. The molecule has 0 aromatic carbocycles. The van der Waals surface area contributed by atoms with Crippen LogP contribution in [0.15, 0.2) is 11.6 Å². The van der Waals surface area contributed by atoms with Gasteiger partial charge in [0, 0.05) is 12.5 Å². The SMILES string of the molecule is CCCCCCCCCCCCCCCCCCCCCCC(=O)OC(C)CCCCC/C(C)=C\C(=O)O. The number of carbonyl (C=O) groups excluding carboxylic acids is 1. The van der Waals surface area contributed by atoms with Crippen LogP contribution in [0.25, 0.3) is 0 Å². The van der Waals surface area contributed by atoms with Gasteiger partial charge in [-0.2, -0.15) is 0 Å². The van der Waals surface area contributed by atoms with E-state index in [1.165, 1.54) is 122 Å². The molecule has 0 fully saturated rings. The number of carboxylic acid groups (broad SMARTS) is 1. The third-order valence-electron chi connectivity index (χ3n) is 7.62. The van der Waals surface area contributed by atoms with E-state index in [1.807, 2.05) is 13.8 Å². The summed E-state index contributed by atoms with van der Waals surface area (Å²) in [5.41, 5.74) is 0.909. The zero-order valence-electron chi connectivity index (χ0n) is 25.7. The first-order valence-electron chi connectivity index (χ1n) is 16.5. The van der Waals surface area contributed by atoms with Gasteiger partial charge in [-0.25, -0.2) is 4.79 Å². The van der Waals surface area contributed by atoms with Crippen molar-refractivity contribution in [2.75, 3.05) is 0 Å². The summed E-state index contributed by atoms with van der Waals surface area (Å²) in [4.78, 5) is 22.7. The molecule has 1 unspecified atom stereocenters. The van der Waals surface area contributed by atoms with Gasteiger partial charge in [0.2, 0.25) is 0 Å². The zero-order valence-corrected chi connectivity index (χ0v) is 25.7. The number of hydrogen-bond donors (Lipinski definition) is 1. The van der Waals surface area contributed by atoms with Gasteiger partial charge in [0.05, 0.1) is 6.10 Å². The highest BCUT2D eigenvalue weighted by atomic mass is 16.5. The Bertz CT molecular complexity index is 569. The van der Waals surface area contributed by atoms with Crippen molar-refractivity contribution in [3.63, 3.8) is 0 Å². The van der Waals surface area contributed by atoms with Gasteiger partial charge in [-0.15, -0.1) is 0 Å². The van der Waals surface area contributed by atoms with Crippen LogP contribution in [-0.4, -0.2) is 23.1 Å². The molecular formula is C34H64O4. The highest BCUT2D eigenvalue weighted by Gasteiger charge is 2.09. The van der Waals surface area contributed by atoms with Gasteiger partial charge in [0.15, 0.2) is 0 Å². The highest BCUT2D eigenvalue weighted by Crippen LogP contribution is 2.16. The predicted molar refractivity (Wildman–Crippen MR) is 163 cm³/mol. The lowest BCUT2D eigenvalue weighted by Gasteiger charge is -2.13. The average molecular weight is 537 g/mol. The molecule has 0 aliphatic heterocycles. The van der Waals surface area contributed by atoms with Crippen molar-refractivity contribution in [2.24, 2.45) is 0 Å². The highest BCUT2D eigenvalue weighted by molar-refractivity contribution is 5.80. The van der Waals surface area contributed by atoms with E-state index < -0.39 is 5.97 Å². The Morgan fingerprint density at radius 3 is 1.39 bits per heavy atom. The molecule has 0 spiro atoms. The lowest BCUT2D eigenvalue weighted by atomic mass is 10.0. The van der Waals surface area contributed by atoms with Crippen LogP contribution in [0.2, 0.25) is 0 Å². The van der Waals surface area contributed by atoms with Crippen molar-refractivity contribution in [2.45, 2.75) is 194 Å². The van der Waals surface area contributed by atoms with Crippen molar-refractivity contribution < 1.29 is 19.4 Å². The van der Waals surface area contributed by atoms with E-state index in [0.717, 1.165) is 50.5 Å². The molecule has 0 rings (SSSR count). The number of carbonyl (C=O) groups is 2. The van der Waals surface area contributed by atoms with Crippen LogP contribution in [0.3, 0.4) is 0 Å². The molecule has 38 heavy (non-hydrogen) atoms. The summed E-state index contributed by atoms with van der Waals surface area (Å²) in [6.07, 6.45) is 33.8. The van der Waals surface area contributed by atoms with E-state index in [-0.39, 0.29) is 12.1 Å². The summed E-state index contributed by atoms with van der Waals surface area (Å²) in [5.74, 6) is -0.927. The summed E-state index contributed by atoms with van der Waals surface area (Å²) in [7, 11) is 0. The molecule has 224 valence electrons. The van der Waals surface area contributed by atoms with Crippen molar-refractivity contribution in [1.29, 1.82) is 0 Å². The zero-order chi connectivity index (χ0) is 28.1. The molecule has 4 heteroatoms. The van der Waals surface area contributed by atoms with Crippen molar-refractivity contribution in [1.82, 2.24) is 0 Å². The van der Waals surface area contributed by atoms with Crippen molar-refractivity contribution in [3.05, 3.63) is 11.6 Å². The third-order valence-corrected chi connectivity index (χ3v) is 7.62. The second-order valence-electron chi connectivity index (χ2n) is 11.7. The molecule has 1 atom stereocenters. The molecule has 4 nitrogen and oxygen atoms in total. The number of unbranched alkanes of at least 4 members (excludes halogenated alkanes) is 21. The first-order valence-corrected chi connectivity index (χ1v) is 16.5. The Morgan fingerprint density at radius 2 is 0.974 bits per heavy atom. The Balaban J connectivity index is 3.32. The van der Waals surface area contributed by atoms with Crippen LogP contribution >= 0.6 is 0 Å². The van der Waals surface area contributed by atoms with Crippen LogP contribution < -0.4 is 0 Å². The minimum Gasteiger partial charge on any atom is -0.478 e. The topological polar surface area (TPSA) is 63.6 Å². The molecule has 0 aliphatic rings. The molecule has 0 aromatic rings. The first kappa shape index (κ1) is 36.7. The summed E-state index contributed by atoms with van der Waals surface area (Å²) >= 11 is 0. The van der Waals surface area contributed by atoms with Crippen LogP contribution in [-0.2, 0) is 14.3 Å². The maximum atomic E-state index is 12.0. The molecule has 1 N–H and O–H groups in total. The quantitative estimate of drug-likeness (QED) is 0.0586. The third kappa shape index (κ3) is 29.2. The fourth-order valence-corrected chi connectivity index (χ4v) is 5.16. The molecule has 0 radical (unpaired) electrons. The standard InChI is InChI=1S/C34H64O4/c1-4-5-6-7-8-9-10-11-12-13-14-15-16-17-18-19-20-21-22-26-29-34(37)38-32(3)28-25-23-24-27-31(2)30-33(35)36/h30,32H,4-29H2,1-3H3,(H,35,36)/b31-30-. The van der Waals surface area contributed by atoms with Gasteiger partial charge in [-0.1, -0.05) is 141 Å². The summed E-state index contributed by atoms with van der Waals surface area (Å²) < 4.78 is 5.54. The molecular weight excluding hydrogens is 472 g/mol. The summed E-state index contributed by atoms with van der Waals surface area (Å²) in [5, 5.41) is 8.72. The molecule has 0 aliphatic carbocycles. The second kappa shape index (κ2) is 28.7. The summed E-state index contributed by atoms with van der Waals surface area (Å²) in [6.45, 7) is 6.12. The Morgan fingerprint density at radius 1 is 0.605 bits per heavy atom. The van der Waals surface area contributed by atoms with Crippen molar-refractivity contribution >= 4 is 11.9 Å². The lowest BCUT2D eigenvalue weighted by molar-refractivity contribution is -0.148. The number of rotatable bonds is 29. The van der Waals surface area contributed by atoms with Crippen LogP contribution in [0, 0.1) is 0 Å².